The molecule has 0 saturated heterocycles. The largest absolute Gasteiger partial charge is 0.482 e. The Balaban J connectivity index is 1.67. The van der Waals surface area contributed by atoms with E-state index >= 15 is 0 Å². The van der Waals surface area contributed by atoms with Crippen LogP contribution in [0.4, 0.5) is 0 Å². The molecule has 30 heavy (non-hydrogen) atoms. The molecule has 0 aliphatic rings. The number of aromatic nitrogens is 3. The minimum absolute atomic E-state index is 0.175. The molecule has 0 bridgehead atoms. The molecule has 3 rings (SSSR count). The molecule has 2 aromatic carbocycles. The van der Waals surface area contributed by atoms with Crippen LogP contribution in [0.2, 0.25) is 10.0 Å². The third-order valence-corrected chi connectivity index (χ3v) is 6.11. The second kappa shape index (κ2) is 11.0. The molecule has 0 unspecified atom stereocenters. The molecule has 0 radical (unpaired) electrons. The summed E-state index contributed by atoms with van der Waals surface area (Å²) in [6, 6.07) is 12.7. The number of carbonyl (C=O) groups excluding carboxylic acids is 1. The zero-order chi connectivity index (χ0) is 21.5. The van der Waals surface area contributed by atoms with E-state index in [-0.39, 0.29) is 19.1 Å². The summed E-state index contributed by atoms with van der Waals surface area (Å²) in [5, 5.41) is 13.0. The Hall–Kier alpha value is -1.74. The molecule has 1 amide bonds. The van der Waals surface area contributed by atoms with Crippen molar-refractivity contribution in [1.82, 2.24) is 20.1 Å². The first kappa shape index (κ1) is 22.9. The first-order valence-electron chi connectivity index (χ1n) is 9.15. The van der Waals surface area contributed by atoms with Crippen molar-refractivity contribution in [2.24, 2.45) is 0 Å². The van der Waals surface area contributed by atoms with Crippen molar-refractivity contribution in [3.05, 3.63) is 62.8 Å². The minimum atomic E-state index is -0.297. The lowest BCUT2D eigenvalue weighted by molar-refractivity contribution is -0.123. The van der Waals surface area contributed by atoms with E-state index < -0.39 is 0 Å². The fourth-order valence-corrected chi connectivity index (χ4v) is 4.07. The van der Waals surface area contributed by atoms with Gasteiger partial charge >= 0.3 is 0 Å². The highest BCUT2D eigenvalue weighted by Crippen LogP contribution is 2.27. The Labute approximate surface area is 197 Å². The summed E-state index contributed by atoms with van der Waals surface area (Å²) in [5.74, 6) is 1.66. The molecular weight excluding hydrogens is 511 g/mol. The van der Waals surface area contributed by atoms with Crippen molar-refractivity contribution in [1.29, 1.82) is 0 Å². The lowest BCUT2D eigenvalue weighted by Crippen LogP contribution is -2.29. The molecule has 1 heterocycles. The van der Waals surface area contributed by atoms with Crippen molar-refractivity contribution in [2.75, 3.05) is 12.4 Å². The van der Waals surface area contributed by atoms with Crippen LogP contribution in [0.1, 0.15) is 19.2 Å². The van der Waals surface area contributed by atoms with Crippen molar-refractivity contribution >= 4 is 56.8 Å². The second-order valence-electron chi connectivity index (χ2n) is 6.20. The molecule has 0 atom stereocenters. The second-order valence-corrected chi connectivity index (χ2v) is 9.02. The number of benzene rings is 2. The van der Waals surface area contributed by atoms with E-state index in [1.807, 2.05) is 28.8 Å². The van der Waals surface area contributed by atoms with Crippen molar-refractivity contribution in [2.45, 2.75) is 25.0 Å². The number of halogens is 3. The number of rotatable bonds is 9. The summed E-state index contributed by atoms with van der Waals surface area (Å²) in [4.78, 5) is 12.3. The van der Waals surface area contributed by atoms with E-state index in [1.165, 1.54) is 0 Å². The molecule has 0 spiro atoms. The molecule has 158 valence electrons. The van der Waals surface area contributed by atoms with E-state index in [1.54, 1.807) is 30.0 Å². The van der Waals surface area contributed by atoms with Gasteiger partial charge in [-0.1, -0.05) is 57.8 Å². The zero-order valence-electron chi connectivity index (χ0n) is 16.1. The van der Waals surface area contributed by atoms with E-state index in [9.17, 15) is 4.79 Å². The number of hydrogen-bond acceptors (Lipinski definition) is 5. The number of hydrogen-bond donors (Lipinski definition) is 1. The quantitative estimate of drug-likeness (QED) is 0.369. The lowest BCUT2D eigenvalue weighted by atomic mass is 10.3. The minimum Gasteiger partial charge on any atom is -0.482 e. The molecule has 1 aromatic heterocycles. The maximum absolute atomic E-state index is 12.3. The number of amides is 1. The molecule has 0 aliphatic heterocycles. The molecule has 0 aliphatic carbocycles. The van der Waals surface area contributed by atoms with Gasteiger partial charge in [-0.15, -0.1) is 10.2 Å². The monoisotopic (exact) mass is 528 g/mol. The highest BCUT2D eigenvalue weighted by molar-refractivity contribution is 9.10. The number of nitrogens with one attached hydrogen (secondary N) is 1. The average molecular weight is 530 g/mol. The summed E-state index contributed by atoms with van der Waals surface area (Å²) in [5.41, 5.74) is 0.926. The van der Waals surface area contributed by atoms with E-state index in [0.717, 1.165) is 27.5 Å². The van der Waals surface area contributed by atoms with Crippen LogP contribution < -0.4 is 10.1 Å². The molecule has 10 heteroatoms. The number of carbonyl (C=O) groups is 1. The van der Waals surface area contributed by atoms with Crippen LogP contribution in [0.3, 0.4) is 0 Å². The average Bonchev–Trinajstić information content (AvgIpc) is 3.13. The van der Waals surface area contributed by atoms with E-state index in [4.69, 9.17) is 27.9 Å². The van der Waals surface area contributed by atoms with Gasteiger partial charge in [0.15, 0.2) is 17.6 Å². The Morgan fingerprint density at radius 1 is 1.20 bits per heavy atom. The smallest absolute Gasteiger partial charge is 0.258 e. The van der Waals surface area contributed by atoms with Crippen LogP contribution in [0.5, 0.6) is 5.75 Å². The van der Waals surface area contributed by atoms with Gasteiger partial charge in [-0.3, -0.25) is 9.36 Å². The predicted molar refractivity (Wildman–Crippen MR) is 124 cm³/mol. The Kier molecular flexibility index (Phi) is 8.44. The molecular formula is C20H19BrCl2N4O2S. The SMILES string of the molecule is CCCSc1nnc(CNC(=O)COc2ccc(Cl)cc2Cl)n1-c1ccc(Br)cc1. The van der Waals surface area contributed by atoms with Gasteiger partial charge in [0, 0.05) is 20.9 Å². The summed E-state index contributed by atoms with van der Waals surface area (Å²) < 4.78 is 8.40. The summed E-state index contributed by atoms with van der Waals surface area (Å²) in [6.45, 7) is 2.15. The molecule has 0 fully saturated rings. The van der Waals surface area contributed by atoms with Gasteiger partial charge in [-0.05, 0) is 48.9 Å². The third-order valence-electron chi connectivity index (χ3n) is 3.92. The fraction of sp³-hybridized carbons (Fsp3) is 0.250. The molecule has 6 nitrogen and oxygen atoms in total. The van der Waals surface area contributed by atoms with Crippen molar-refractivity contribution in [3.63, 3.8) is 0 Å². The first-order chi connectivity index (χ1) is 14.5. The number of ether oxygens (including phenoxy) is 1. The van der Waals surface area contributed by atoms with Gasteiger partial charge in [0.2, 0.25) is 0 Å². The van der Waals surface area contributed by atoms with Crippen LogP contribution in [0, 0.1) is 0 Å². The van der Waals surface area contributed by atoms with Crippen LogP contribution in [-0.2, 0) is 11.3 Å². The Morgan fingerprint density at radius 2 is 1.97 bits per heavy atom. The van der Waals surface area contributed by atoms with Gasteiger partial charge in [0.1, 0.15) is 5.75 Å². The van der Waals surface area contributed by atoms with Crippen molar-refractivity contribution in [3.8, 4) is 11.4 Å². The van der Waals surface area contributed by atoms with E-state index in [0.29, 0.717) is 21.6 Å². The van der Waals surface area contributed by atoms with Gasteiger partial charge < -0.3 is 10.1 Å². The fourth-order valence-electron chi connectivity index (χ4n) is 2.52. The number of nitrogens with zero attached hydrogens (tertiary/aromatic N) is 3. The predicted octanol–water partition coefficient (Wildman–Crippen LogP) is 5.53. The Morgan fingerprint density at radius 3 is 2.67 bits per heavy atom. The van der Waals surface area contributed by atoms with Gasteiger partial charge in [0.05, 0.1) is 11.6 Å². The van der Waals surface area contributed by atoms with Gasteiger partial charge in [-0.25, -0.2) is 0 Å². The summed E-state index contributed by atoms with van der Waals surface area (Å²) in [6.07, 6.45) is 1.02. The lowest BCUT2D eigenvalue weighted by Gasteiger charge is -2.12. The Bertz CT molecular complexity index is 1010. The highest BCUT2D eigenvalue weighted by atomic mass is 79.9. The molecule has 0 saturated carbocycles. The van der Waals surface area contributed by atoms with Crippen LogP contribution >= 0.6 is 50.9 Å². The topological polar surface area (TPSA) is 69.0 Å². The van der Waals surface area contributed by atoms with Gasteiger partial charge in [-0.2, -0.15) is 0 Å². The zero-order valence-corrected chi connectivity index (χ0v) is 20.0. The van der Waals surface area contributed by atoms with E-state index in [2.05, 4.69) is 38.4 Å². The first-order valence-corrected chi connectivity index (χ1v) is 11.7. The van der Waals surface area contributed by atoms with Crippen LogP contribution in [0.25, 0.3) is 5.69 Å². The van der Waals surface area contributed by atoms with Crippen LogP contribution in [0.15, 0.2) is 52.1 Å². The maximum Gasteiger partial charge on any atom is 0.258 e. The normalized spacial score (nSPS) is 10.8. The third kappa shape index (κ3) is 6.14. The van der Waals surface area contributed by atoms with Gasteiger partial charge in [0.25, 0.3) is 5.91 Å². The molecule has 1 N–H and O–H groups in total. The van der Waals surface area contributed by atoms with Crippen LogP contribution in [-0.4, -0.2) is 33.0 Å². The highest BCUT2D eigenvalue weighted by Gasteiger charge is 2.15. The number of thioether (sulfide) groups is 1. The maximum atomic E-state index is 12.3. The molecule has 3 aromatic rings. The summed E-state index contributed by atoms with van der Waals surface area (Å²) >= 11 is 17.0. The summed E-state index contributed by atoms with van der Waals surface area (Å²) in [7, 11) is 0. The standard InChI is InChI=1S/C20H19BrCl2N4O2S/c1-2-9-30-20-26-25-18(27(20)15-6-3-13(21)4-7-15)11-24-19(28)12-29-17-8-5-14(22)10-16(17)23/h3-8,10H,2,9,11-12H2,1H3,(H,24,28). The van der Waals surface area contributed by atoms with Crippen molar-refractivity contribution < 1.29 is 9.53 Å².